The molecule has 5 nitrogen and oxygen atoms in total. The lowest BCUT2D eigenvalue weighted by atomic mass is 10.1. The maximum Gasteiger partial charge on any atom is 0.351 e. The van der Waals surface area contributed by atoms with Crippen LogP contribution >= 0.6 is 23.4 Å². The fraction of sp³-hybridized carbons (Fsp3) is 0.227. The number of rotatable bonds is 5. The molecule has 0 unspecified atom stereocenters. The molecule has 0 N–H and O–H groups in total. The quantitative estimate of drug-likeness (QED) is 0.395. The van der Waals surface area contributed by atoms with Crippen molar-refractivity contribution < 1.29 is 14.3 Å². The Bertz CT molecular complexity index is 994. The van der Waals surface area contributed by atoms with E-state index in [1.54, 1.807) is 31.2 Å². The molecule has 3 rings (SSSR count). The van der Waals surface area contributed by atoms with E-state index in [0.717, 1.165) is 11.1 Å². The Balaban J connectivity index is 2.02. The Morgan fingerprint density at radius 1 is 1.21 bits per heavy atom. The van der Waals surface area contributed by atoms with Gasteiger partial charge in [-0.1, -0.05) is 53.2 Å². The van der Waals surface area contributed by atoms with Crippen molar-refractivity contribution in [1.82, 2.24) is 0 Å². The van der Waals surface area contributed by atoms with Gasteiger partial charge in [0.05, 0.1) is 11.9 Å². The molecule has 2 aromatic rings. The molecular formula is C22H19ClN2O3S. The number of thioether (sulfide) groups is 1. The summed E-state index contributed by atoms with van der Waals surface area (Å²) < 4.78 is 5.03. The molecule has 0 bridgehead atoms. The number of carbonyl (C=O) groups excluding carboxylic acids is 2. The van der Waals surface area contributed by atoms with Crippen molar-refractivity contribution >= 4 is 40.9 Å². The predicted octanol–water partition coefficient (Wildman–Crippen LogP) is 4.64. The third-order valence-corrected chi connectivity index (χ3v) is 5.90. The molecule has 0 aliphatic carbocycles. The van der Waals surface area contributed by atoms with Gasteiger partial charge < -0.3 is 4.74 Å². The van der Waals surface area contributed by atoms with Crippen LogP contribution in [0.3, 0.4) is 0 Å². The first-order valence-corrected chi connectivity index (χ1v) is 10.3. The Morgan fingerprint density at radius 3 is 2.45 bits per heavy atom. The number of esters is 1. The van der Waals surface area contributed by atoms with Gasteiger partial charge in [0.1, 0.15) is 11.1 Å². The van der Waals surface area contributed by atoms with E-state index in [4.69, 9.17) is 16.3 Å². The first kappa shape index (κ1) is 21.0. The number of carbonyl (C=O) groups is 2. The van der Waals surface area contributed by atoms with E-state index in [0.29, 0.717) is 22.2 Å². The largest absolute Gasteiger partial charge is 0.462 e. The highest BCUT2D eigenvalue weighted by atomic mass is 35.5. The van der Waals surface area contributed by atoms with E-state index in [1.165, 1.54) is 16.7 Å². The lowest BCUT2D eigenvalue weighted by Crippen LogP contribution is -2.30. The normalized spacial score (nSPS) is 17.8. The maximum atomic E-state index is 13.3. The van der Waals surface area contributed by atoms with Crippen LogP contribution in [0.15, 0.2) is 59.1 Å². The van der Waals surface area contributed by atoms with Crippen molar-refractivity contribution in [2.45, 2.75) is 25.5 Å². The van der Waals surface area contributed by atoms with E-state index in [1.807, 2.05) is 37.3 Å². The number of hydrogen-bond donors (Lipinski definition) is 0. The third kappa shape index (κ3) is 4.64. The minimum Gasteiger partial charge on any atom is -0.462 e. The summed E-state index contributed by atoms with van der Waals surface area (Å²) >= 11 is 7.16. The van der Waals surface area contributed by atoms with Gasteiger partial charge in [-0.3, -0.25) is 9.69 Å². The van der Waals surface area contributed by atoms with E-state index in [-0.39, 0.29) is 18.1 Å². The molecule has 1 saturated heterocycles. The number of aryl methyl sites for hydroxylation is 1. The van der Waals surface area contributed by atoms with Gasteiger partial charge in [0.25, 0.3) is 0 Å². The SMILES string of the molecule is CCOC(=O)/C(C#N)=C1\S[C@@H](Cc2ccc(Cl)cc2)C(=O)N1c1ccc(C)cc1. The zero-order chi connectivity index (χ0) is 21.0. The molecule has 1 atom stereocenters. The molecule has 1 aliphatic rings. The predicted molar refractivity (Wildman–Crippen MR) is 114 cm³/mol. The first-order chi connectivity index (χ1) is 13.9. The average molecular weight is 427 g/mol. The van der Waals surface area contributed by atoms with Crippen molar-refractivity contribution in [1.29, 1.82) is 5.26 Å². The van der Waals surface area contributed by atoms with Crippen molar-refractivity contribution in [3.63, 3.8) is 0 Å². The summed E-state index contributed by atoms with van der Waals surface area (Å²) in [5, 5.41) is 10.1. The molecule has 2 aromatic carbocycles. The number of ether oxygens (including phenoxy) is 1. The zero-order valence-corrected chi connectivity index (χ0v) is 17.6. The van der Waals surface area contributed by atoms with Crippen LogP contribution in [0.4, 0.5) is 5.69 Å². The van der Waals surface area contributed by atoms with Crippen LogP contribution in [0.1, 0.15) is 18.1 Å². The average Bonchev–Trinajstić information content (AvgIpc) is 3.01. The lowest BCUT2D eigenvalue weighted by molar-refractivity contribution is -0.138. The molecule has 7 heteroatoms. The highest BCUT2D eigenvalue weighted by Crippen LogP contribution is 2.42. The Morgan fingerprint density at radius 2 is 1.86 bits per heavy atom. The minimum atomic E-state index is -0.727. The highest BCUT2D eigenvalue weighted by Gasteiger charge is 2.41. The minimum absolute atomic E-state index is 0.147. The summed E-state index contributed by atoms with van der Waals surface area (Å²) in [6.45, 7) is 3.77. The molecule has 1 fully saturated rings. The Labute approximate surface area is 178 Å². The van der Waals surface area contributed by atoms with Gasteiger partial charge in [0, 0.05) is 10.7 Å². The summed E-state index contributed by atoms with van der Waals surface area (Å²) in [7, 11) is 0. The number of anilines is 1. The smallest absolute Gasteiger partial charge is 0.351 e. The first-order valence-electron chi connectivity index (χ1n) is 9.07. The van der Waals surface area contributed by atoms with Gasteiger partial charge in [0.15, 0.2) is 5.57 Å². The van der Waals surface area contributed by atoms with E-state index in [9.17, 15) is 14.9 Å². The van der Waals surface area contributed by atoms with E-state index >= 15 is 0 Å². The van der Waals surface area contributed by atoms with Gasteiger partial charge in [-0.2, -0.15) is 5.26 Å². The number of hydrogen-bond acceptors (Lipinski definition) is 5. The summed E-state index contributed by atoms with van der Waals surface area (Å²) in [5.41, 5.74) is 2.44. The number of benzene rings is 2. The van der Waals surface area contributed by atoms with Crippen molar-refractivity contribution in [2.24, 2.45) is 0 Å². The molecule has 0 saturated carbocycles. The fourth-order valence-corrected chi connectivity index (χ4v) is 4.36. The topological polar surface area (TPSA) is 70.4 Å². The molecule has 29 heavy (non-hydrogen) atoms. The summed E-state index contributed by atoms with van der Waals surface area (Å²) in [6, 6.07) is 16.6. The zero-order valence-electron chi connectivity index (χ0n) is 16.0. The number of amides is 1. The van der Waals surface area contributed by atoms with Crippen molar-refractivity contribution in [2.75, 3.05) is 11.5 Å². The van der Waals surface area contributed by atoms with Gasteiger partial charge in [-0.15, -0.1) is 0 Å². The molecular weight excluding hydrogens is 408 g/mol. The Kier molecular flexibility index (Phi) is 6.63. The highest BCUT2D eigenvalue weighted by molar-refractivity contribution is 8.05. The van der Waals surface area contributed by atoms with Gasteiger partial charge >= 0.3 is 5.97 Å². The monoisotopic (exact) mass is 426 g/mol. The number of nitrogens with zero attached hydrogens (tertiary/aromatic N) is 2. The van der Waals surface area contributed by atoms with Crippen molar-refractivity contribution in [3.8, 4) is 6.07 Å². The molecule has 0 radical (unpaired) electrons. The van der Waals surface area contributed by atoms with Crippen LogP contribution in [0, 0.1) is 18.3 Å². The van der Waals surface area contributed by atoms with Crippen LogP contribution in [-0.2, 0) is 20.7 Å². The second kappa shape index (κ2) is 9.17. The Hall–Kier alpha value is -2.75. The van der Waals surface area contributed by atoms with Crippen LogP contribution in [0.25, 0.3) is 0 Å². The molecule has 1 amide bonds. The number of halogens is 1. The lowest BCUT2D eigenvalue weighted by Gasteiger charge is -2.18. The summed E-state index contributed by atoms with van der Waals surface area (Å²) in [5.74, 6) is -0.907. The molecule has 1 aliphatic heterocycles. The summed E-state index contributed by atoms with van der Waals surface area (Å²) in [4.78, 5) is 27.0. The van der Waals surface area contributed by atoms with Crippen molar-refractivity contribution in [3.05, 3.63) is 75.3 Å². The summed E-state index contributed by atoms with van der Waals surface area (Å²) in [6.07, 6.45) is 0.452. The van der Waals surface area contributed by atoms with E-state index in [2.05, 4.69) is 0 Å². The molecule has 148 valence electrons. The maximum absolute atomic E-state index is 13.3. The molecule has 1 heterocycles. The molecule has 0 spiro atoms. The fourth-order valence-electron chi connectivity index (χ4n) is 2.94. The second-order valence-corrected chi connectivity index (χ2v) is 8.09. The third-order valence-electron chi connectivity index (χ3n) is 4.38. The van der Waals surface area contributed by atoms with Crippen LogP contribution < -0.4 is 4.90 Å². The molecule has 0 aromatic heterocycles. The second-order valence-electron chi connectivity index (χ2n) is 6.46. The van der Waals surface area contributed by atoms with Gasteiger partial charge in [-0.25, -0.2) is 4.79 Å². The van der Waals surface area contributed by atoms with Crippen LogP contribution in [0.5, 0.6) is 0 Å². The van der Waals surface area contributed by atoms with Crippen LogP contribution in [-0.4, -0.2) is 23.7 Å². The van der Waals surface area contributed by atoms with Crippen LogP contribution in [0.2, 0.25) is 5.02 Å². The van der Waals surface area contributed by atoms with Gasteiger partial charge in [0.2, 0.25) is 5.91 Å². The standard InChI is InChI=1S/C22H19ClN2O3S/c1-3-28-22(27)18(13-24)21-25(17-10-4-14(2)5-11-17)20(26)19(29-21)12-15-6-8-16(23)9-7-15/h4-11,19H,3,12H2,1-2H3/b21-18-/t19-/m0/s1. The van der Waals surface area contributed by atoms with Gasteiger partial charge in [-0.05, 0) is 50.1 Å². The van der Waals surface area contributed by atoms with E-state index < -0.39 is 11.2 Å². The number of nitriles is 1.